The molecular formula is C24H30N6S. The van der Waals surface area contributed by atoms with Crippen LogP contribution in [-0.4, -0.2) is 44.1 Å². The van der Waals surface area contributed by atoms with E-state index in [0.29, 0.717) is 0 Å². The van der Waals surface area contributed by atoms with Crippen LogP contribution in [0.15, 0.2) is 35.3 Å². The van der Waals surface area contributed by atoms with Crippen molar-refractivity contribution in [1.82, 2.24) is 24.4 Å². The van der Waals surface area contributed by atoms with Gasteiger partial charge in [0.05, 0.1) is 11.4 Å². The normalized spacial score (nSPS) is 20.9. The second-order valence-corrected chi connectivity index (χ2v) is 10.4. The molecule has 3 aromatic rings. The molecule has 0 amide bonds. The lowest BCUT2D eigenvalue weighted by Crippen LogP contribution is -2.52. The standard InChI is InChI=1S/C24H30N6S/c1-18-27-22-21(30(18)14-19-3-4-19)15-28(13-20-5-12-31-16-20)17-24(22)6-10-29(11-7-24)23-25-8-2-9-26-23/h2,5,8-9,12,16,19H,3-4,6-7,10-11,13-15,17H2,1H3. The number of thiophene rings is 1. The molecule has 31 heavy (non-hydrogen) atoms. The molecule has 0 radical (unpaired) electrons. The minimum Gasteiger partial charge on any atom is -0.341 e. The van der Waals surface area contributed by atoms with Gasteiger partial charge in [-0.25, -0.2) is 15.0 Å². The van der Waals surface area contributed by atoms with E-state index >= 15 is 0 Å². The van der Waals surface area contributed by atoms with Gasteiger partial charge in [-0.2, -0.15) is 11.3 Å². The molecule has 0 aromatic carbocycles. The van der Waals surface area contributed by atoms with Crippen LogP contribution in [0.5, 0.6) is 0 Å². The van der Waals surface area contributed by atoms with Crippen LogP contribution in [-0.2, 0) is 25.0 Å². The third-order valence-electron chi connectivity index (χ3n) is 7.34. The van der Waals surface area contributed by atoms with Crippen LogP contribution in [0.4, 0.5) is 5.95 Å². The van der Waals surface area contributed by atoms with Gasteiger partial charge in [0.1, 0.15) is 5.82 Å². The van der Waals surface area contributed by atoms with Crippen molar-refractivity contribution in [3.05, 3.63) is 58.1 Å². The molecule has 3 aromatic heterocycles. The number of piperidine rings is 1. The zero-order valence-corrected chi connectivity index (χ0v) is 19.0. The third kappa shape index (κ3) is 3.68. The summed E-state index contributed by atoms with van der Waals surface area (Å²) in [5, 5.41) is 4.49. The number of aromatic nitrogens is 4. The topological polar surface area (TPSA) is 50.1 Å². The van der Waals surface area contributed by atoms with Crippen LogP contribution in [0.3, 0.4) is 0 Å². The molecule has 162 valence electrons. The fourth-order valence-electron chi connectivity index (χ4n) is 5.50. The van der Waals surface area contributed by atoms with Gasteiger partial charge in [0.25, 0.3) is 0 Å². The Bertz CT molecular complexity index is 1030. The number of hydrogen-bond donors (Lipinski definition) is 0. The van der Waals surface area contributed by atoms with Crippen molar-refractivity contribution in [2.45, 2.75) is 57.7 Å². The molecular weight excluding hydrogens is 404 g/mol. The smallest absolute Gasteiger partial charge is 0.225 e. The summed E-state index contributed by atoms with van der Waals surface area (Å²) in [6, 6.07) is 4.16. The molecule has 1 saturated heterocycles. The number of rotatable bonds is 5. The van der Waals surface area contributed by atoms with Crippen molar-refractivity contribution < 1.29 is 0 Å². The van der Waals surface area contributed by atoms with E-state index in [2.05, 4.69) is 48.1 Å². The highest BCUT2D eigenvalue weighted by Crippen LogP contribution is 2.43. The summed E-state index contributed by atoms with van der Waals surface area (Å²) >= 11 is 1.80. The zero-order chi connectivity index (χ0) is 20.8. The number of hydrogen-bond acceptors (Lipinski definition) is 6. The van der Waals surface area contributed by atoms with Crippen molar-refractivity contribution in [3.63, 3.8) is 0 Å². The molecule has 2 fully saturated rings. The van der Waals surface area contributed by atoms with E-state index in [1.165, 1.54) is 35.6 Å². The second-order valence-electron chi connectivity index (χ2n) is 9.60. The molecule has 3 aliphatic rings. The lowest BCUT2D eigenvalue weighted by atomic mass is 9.72. The van der Waals surface area contributed by atoms with Crippen molar-refractivity contribution in [2.24, 2.45) is 5.92 Å². The molecule has 6 rings (SSSR count). The molecule has 5 heterocycles. The predicted molar refractivity (Wildman–Crippen MR) is 123 cm³/mol. The monoisotopic (exact) mass is 434 g/mol. The Morgan fingerprint density at radius 2 is 1.97 bits per heavy atom. The summed E-state index contributed by atoms with van der Waals surface area (Å²) < 4.78 is 2.56. The SMILES string of the molecule is Cc1nc2c(n1CC1CC1)CN(Cc1ccsc1)CC21CCN(c2ncccn2)CC1. The van der Waals surface area contributed by atoms with E-state index in [1.54, 1.807) is 11.3 Å². The maximum atomic E-state index is 5.23. The molecule has 0 bridgehead atoms. The summed E-state index contributed by atoms with van der Waals surface area (Å²) in [5.74, 6) is 2.93. The van der Waals surface area contributed by atoms with Crippen LogP contribution in [0, 0.1) is 12.8 Å². The van der Waals surface area contributed by atoms with Gasteiger partial charge in [-0.05, 0) is 67.0 Å². The van der Waals surface area contributed by atoms with Crippen molar-refractivity contribution in [2.75, 3.05) is 24.5 Å². The molecule has 0 unspecified atom stereocenters. The lowest BCUT2D eigenvalue weighted by Gasteiger charge is -2.47. The number of fused-ring (bicyclic) bond motifs is 2. The predicted octanol–water partition coefficient (Wildman–Crippen LogP) is 4.01. The van der Waals surface area contributed by atoms with E-state index in [0.717, 1.165) is 64.0 Å². The highest BCUT2D eigenvalue weighted by molar-refractivity contribution is 7.07. The van der Waals surface area contributed by atoms with Gasteiger partial charge in [0.15, 0.2) is 0 Å². The van der Waals surface area contributed by atoms with Crippen LogP contribution in [0.2, 0.25) is 0 Å². The zero-order valence-electron chi connectivity index (χ0n) is 18.2. The summed E-state index contributed by atoms with van der Waals surface area (Å²) in [6.07, 6.45) is 8.66. The first-order valence-corrected chi connectivity index (χ1v) is 12.5. The van der Waals surface area contributed by atoms with Crippen LogP contribution in [0.1, 0.15) is 48.5 Å². The van der Waals surface area contributed by atoms with Crippen molar-refractivity contribution >= 4 is 17.3 Å². The van der Waals surface area contributed by atoms with Gasteiger partial charge in [-0.3, -0.25) is 4.90 Å². The summed E-state index contributed by atoms with van der Waals surface area (Å²) in [7, 11) is 0. The fraction of sp³-hybridized carbons (Fsp3) is 0.542. The van der Waals surface area contributed by atoms with Gasteiger partial charge in [0, 0.05) is 57.1 Å². The van der Waals surface area contributed by atoms with E-state index in [-0.39, 0.29) is 5.41 Å². The highest BCUT2D eigenvalue weighted by atomic mass is 32.1. The Labute approximate surface area is 188 Å². The quantitative estimate of drug-likeness (QED) is 0.607. The van der Waals surface area contributed by atoms with E-state index in [9.17, 15) is 0 Å². The Kier molecular flexibility index (Phi) is 4.83. The first-order chi connectivity index (χ1) is 15.2. The number of nitrogens with zero attached hydrogens (tertiary/aromatic N) is 6. The van der Waals surface area contributed by atoms with Crippen molar-refractivity contribution in [3.8, 4) is 0 Å². The fourth-order valence-corrected chi connectivity index (χ4v) is 6.16. The van der Waals surface area contributed by atoms with Crippen LogP contribution in [0.25, 0.3) is 0 Å². The van der Waals surface area contributed by atoms with Gasteiger partial charge >= 0.3 is 0 Å². The minimum absolute atomic E-state index is 0.133. The molecule has 0 N–H and O–H groups in total. The molecule has 1 spiro atoms. The molecule has 1 saturated carbocycles. The summed E-state index contributed by atoms with van der Waals surface area (Å²) in [5.41, 5.74) is 4.44. The highest BCUT2D eigenvalue weighted by Gasteiger charge is 2.45. The minimum atomic E-state index is 0.133. The van der Waals surface area contributed by atoms with Gasteiger partial charge < -0.3 is 9.47 Å². The summed E-state index contributed by atoms with van der Waals surface area (Å²) in [6.45, 7) is 8.49. The Hall–Kier alpha value is -2.25. The van der Waals surface area contributed by atoms with Gasteiger partial charge in [0.2, 0.25) is 5.95 Å². The molecule has 0 atom stereocenters. The molecule has 7 heteroatoms. The van der Waals surface area contributed by atoms with E-state index < -0.39 is 0 Å². The number of anilines is 1. The maximum absolute atomic E-state index is 5.23. The van der Waals surface area contributed by atoms with Gasteiger partial charge in [-0.1, -0.05) is 0 Å². The Morgan fingerprint density at radius 3 is 2.68 bits per heavy atom. The maximum Gasteiger partial charge on any atom is 0.225 e. The van der Waals surface area contributed by atoms with E-state index in [1.807, 2.05) is 18.5 Å². The van der Waals surface area contributed by atoms with E-state index in [4.69, 9.17) is 4.98 Å². The molecule has 6 nitrogen and oxygen atoms in total. The lowest BCUT2D eigenvalue weighted by molar-refractivity contribution is 0.138. The molecule has 2 aliphatic heterocycles. The van der Waals surface area contributed by atoms with Gasteiger partial charge in [-0.15, -0.1) is 0 Å². The number of aryl methyl sites for hydroxylation is 1. The Balaban J connectivity index is 1.31. The first-order valence-electron chi connectivity index (χ1n) is 11.5. The first kappa shape index (κ1) is 19.4. The largest absolute Gasteiger partial charge is 0.341 e. The average molecular weight is 435 g/mol. The third-order valence-corrected chi connectivity index (χ3v) is 8.08. The Morgan fingerprint density at radius 1 is 1.16 bits per heavy atom. The van der Waals surface area contributed by atoms with Crippen molar-refractivity contribution in [1.29, 1.82) is 0 Å². The summed E-state index contributed by atoms with van der Waals surface area (Å²) in [4.78, 5) is 19.2. The molecule has 1 aliphatic carbocycles. The van der Waals surface area contributed by atoms with Crippen LogP contribution >= 0.6 is 11.3 Å². The number of imidazole rings is 1. The second kappa shape index (κ2) is 7.71. The van der Waals surface area contributed by atoms with Crippen LogP contribution < -0.4 is 4.90 Å². The average Bonchev–Trinajstić information content (AvgIpc) is 3.37.